The number of carbonyl (C=O) groups excluding carboxylic acids is 1. The number of thioether (sulfide) groups is 1. The van der Waals surface area contributed by atoms with Gasteiger partial charge in [-0.05, 0) is 29.7 Å². The van der Waals surface area contributed by atoms with Crippen LogP contribution in [0.2, 0.25) is 0 Å². The zero-order chi connectivity index (χ0) is 15.5. The third-order valence-corrected chi connectivity index (χ3v) is 4.88. The van der Waals surface area contributed by atoms with E-state index in [1.807, 2.05) is 43.3 Å². The maximum atomic E-state index is 12.2. The summed E-state index contributed by atoms with van der Waals surface area (Å²) in [5, 5.41) is 0. The second-order valence-electron chi connectivity index (χ2n) is 4.91. The number of hydrogen-bond donors (Lipinski definition) is 0. The molecule has 1 aliphatic heterocycles. The first-order chi connectivity index (χ1) is 10.7. The highest BCUT2D eigenvalue weighted by Gasteiger charge is 2.30. The predicted octanol–water partition coefficient (Wildman–Crippen LogP) is 4.57. The van der Waals surface area contributed by atoms with Crippen molar-refractivity contribution in [3.05, 3.63) is 65.1 Å². The van der Waals surface area contributed by atoms with Gasteiger partial charge in [0, 0.05) is 6.54 Å². The van der Waals surface area contributed by atoms with Crippen molar-refractivity contribution in [3.8, 4) is 11.1 Å². The molecule has 110 valence electrons. The van der Waals surface area contributed by atoms with Gasteiger partial charge in [0.15, 0.2) is 0 Å². The van der Waals surface area contributed by atoms with Gasteiger partial charge in [0.1, 0.15) is 4.32 Å². The molecule has 1 aliphatic rings. The number of likely N-dealkylation sites (N-methyl/N-ethyl adjacent to an activating group) is 1. The van der Waals surface area contributed by atoms with E-state index in [-0.39, 0.29) is 5.91 Å². The van der Waals surface area contributed by atoms with E-state index in [1.54, 1.807) is 4.90 Å². The molecule has 1 fully saturated rings. The van der Waals surface area contributed by atoms with E-state index < -0.39 is 0 Å². The van der Waals surface area contributed by atoms with Crippen LogP contribution in [0.4, 0.5) is 0 Å². The Kier molecular flexibility index (Phi) is 4.41. The molecule has 1 saturated heterocycles. The largest absolute Gasteiger partial charge is 0.293 e. The minimum Gasteiger partial charge on any atom is -0.293 e. The highest BCUT2D eigenvalue weighted by molar-refractivity contribution is 8.26. The highest BCUT2D eigenvalue weighted by atomic mass is 32.2. The molecule has 4 heteroatoms. The second-order valence-corrected chi connectivity index (χ2v) is 6.59. The van der Waals surface area contributed by atoms with Gasteiger partial charge in [-0.25, -0.2) is 0 Å². The predicted molar refractivity (Wildman–Crippen MR) is 97.4 cm³/mol. The first kappa shape index (κ1) is 15.0. The Morgan fingerprint density at radius 3 is 2.27 bits per heavy atom. The quantitative estimate of drug-likeness (QED) is 0.609. The van der Waals surface area contributed by atoms with Crippen LogP contribution in [0.1, 0.15) is 12.5 Å². The van der Waals surface area contributed by atoms with Crippen molar-refractivity contribution in [3.63, 3.8) is 0 Å². The monoisotopic (exact) mass is 325 g/mol. The summed E-state index contributed by atoms with van der Waals surface area (Å²) in [5.41, 5.74) is 3.36. The molecule has 0 aliphatic carbocycles. The molecule has 3 rings (SSSR count). The molecular formula is C18H15NOS2. The van der Waals surface area contributed by atoms with Crippen LogP contribution in [0.25, 0.3) is 17.2 Å². The molecule has 0 bridgehead atoms. The third-order valence-electron chi connectivity index (χ3n) is 3.51. The number of amides is 1. The molecule has 2 aromatic rings. The average molecular weight is 325 g/mol. The molecule has 0 aromatic heterocycles. The van der Waals surface area contributed by atoms with Crippen molar-refractivity contribution in [2.24, 2.45) is 0 Å². The number of rotatable bonds is 3. The van der Waals surface area contributed by atoms with Crippen LogP contribution in [-0.2, 0) is 4.79 Å². The molecule has 0 saturated carbocycles. The maximum Gasteiger partial charge on any atom is 0.266 e. The van der Waals surface area contributed by atoms with E-state index in [0.717, 1.165) is 5.56 Å². The van der Waals surface area contributed by atoms with Gasteiger partial charge in [-0.15, -0.1) is 0 Å². The summed E-state index contributed by atoms with van der Waals surface area (Å²) >= 11 is 6.59. The lowest BCUT2D eigenvalue weighted by molar-refractivity contribution is -0.121. The maximum absolute atomic E-state index is 12.2. The molecule has 0 atom stereocenters. The van der Waals surface area contributed by atoms with Crippen molar-refractivity contribution in [1.82, 2.24) is 4.90 Å². The van der Waals surface area contributed by atoms with Crippen LogP contribution >= 0.6 is 24.0 Å². The van der Waals surface area contributed by atoms with Gasteiger partial charge in [-0.2, -0.15) is 0 Å². The molecule has 2 aromatic carbocycles. The molecule has 1 amide bonds. The summed E-state index contributed by atoms with van der Waals surface area (Å²) in [5.74, 6) is 0.00429. The smallest absolute Gasteiger partial charge is 0.266 e. The van der Waals surface area contributed by atoms with Gasteiger partial charge >= 0.3 is 0 Å². The highest BCUT2D eigenvalue weighted by Crippen LogP contribution is 2.32. The van der Waals surface area contributed by atoms with Crippen molar-refractivity contribution in [1.29, 1.82) is 0 Å². The lowest BCUT2D eigenvalue weighted by Crippen LogP contribution is -2.27. The summed E-state index contributed by atoms with van der Waals surface area (Å²) in [6, 6.07) is 18.4. The Labute approximate surface area is 139 Å². The molecule has 0 unspecified atom stereocenters. The summed E-state index contributed by atoms with van der Waals surface area (Å²) in [6.07, 6.45) is 1.91. The normalized spacial score (nSPS) is 16.6. The zero-order valence-electron chi connectivity index (χ0n) is 12.2. The Balaban J connectivity index is 1.84. The van der Waals surface area contributed by atoms with Gasteiger partial charge in [0.05, 0.1) is 4.91 Å². The Morgan fingerprint density at radius 1 is 1.05 bits per heavy atom. The topological polar surface area (TPSA) is 20.3 Å². The number of nitrogens with zero attached hydrogens (tertiary/aromatic N) is 1. The fraction of sp³-hybridized carbons (Fsp3) is 0.111. The number of carbonyl (C=O) groups is 1. The number of benzene rings is 2. The Hall–Kier alpha value is -1.91. The van der Waals surface area contributed by atoms with E-state index in [9.17, 15) is 4.79 Å². The summed E-state index contributed by atoms with van der Waals surface area (Å²) < 4.78 is 0.639. The summed E-state index contributed by atoms with van der Waals surface area (Å²) in [6.45, 7) is 2.55. The number of hydrogen-bond acceptors (Lipinski definition) is 3. The van der Waals surface area contributed by atoms with Crippen molar-refractivity contribution in [2.75, 3.05) is 6.54 Å². The Bertz CT molecular complexity index is 735. The lowest BCUT2D eigenvalue weighted by atomic mass is 10.0. The fourth-order valence-corrected chi connectivity index (χ4v) is 3.71. The standard InChI is InChI=1S/C18H15NOS2/c1-2-19-17(20)16(22-18(19)21)12-13-8-10-15(11-9-13)14-6-4-3-5-7-14/h3-12H,2H2,1H3. The zero-order valence-corrected chi connectivity index (χ0v) is 13.8. The van der Waals surface area contributed by atoms with Crippen LogP contribution < -0.4 is 0 Å². The van der Waals surface area contributed by atoms with Crippen LogP contribution in [-0.4, -0.2) is 21.7 Å². The van der Waals surface area contributed by atoms with Gasteiger partial charge in [0.25, 0.3) is 5.91 Å². The minimum atomic E-state index is 0.00429. The van der Waals surface area contributed by atoms with E-state index in [2.05, 4.69) is 24.3 Å². The lowest BCUT2D eigenvalue weighted by Gasteiger charge is -2.09. The number of thiocarbonyl (C=S) groups is 1. The van der Waals surface area contributed by atoms with Crippen molar-refractivity contribution < 1.29 is 4.79 Å². The SMILES string of the molecule is CCN1C(=O)C(=Cc2ccc(-c3ccccc3)cc2)SC1=S. The van der Waals surface area contributed by atoms with Crippen LogP contribution in [0.3, 0.4) is 0 Å². The van der Waals surface area contributed by atoms with Gasteiger partial charge in [-0.3, -0.25) is 9.69 Å². The van der Waals surface area contributed by atoms with E-state index in [1.165, 1.54) is 22.9 Å². The third kappa shape index (κ3) is 2.98. The Morgan fingerprint density at radius 2 is 1.68 bits per heavy atom. The van der Waals surface area contributed by atoms with Gasteiger partial charge in [0.2, 0.25) is 0 Å². The minimum absolute atomic E-state index is 0.00429. The molecule has 0 N–H and O–H groups in total. The van der Waals surface area contributed by atoms with E-state index in [4.69, 9.17) is 12.2 Å². The average Bonchev–Trinajstić information content (AvgIpc) is 2.82. The van der Waals surface area contributed by atoms with Crippen molar-refractivity contribution in [2.45, 2.75) is 6.92 Å². The van der Waals surface area contributed by atoms with E-state index in [0.29, 0.717) is 15.8 Å². The molecule has 2 nitrogen and oxygen atoms in total. The summed E-state index contributed by atoms with van der Waals surface area (Å²) in [7, 11) is 0. The van der Waals surface area contributed by atoms with Crippen molar-refractivity contribution >= 4 is 40.3 Å². The first-order valence-electron chi connectivity index (χ1n) is 7.10. The second kappa shape index (κ2) is 6.46. The van der Waals surface area contributed by atoms with E-state index >= 15 is 0 Å². The van der Waals surface area contributed by atoms with Gasteiger partial charge in [-0.1, -0.05) is 78.6 Å². The van der Waals surface area contributed by atoms with Crippen LogP contribution in [0, 0.1) is 0 Å². The molecule has 0 radical (unpaired) electrons. The van der Waals surface area contributed by atoms with Gasteiger partial charge < -0.3 is 0 Å². The molecule has 0 spiro atoms. The summed E-state index contributed by atoms with van der Waals surface area (Å²) in [4.78, 5) is 14.5. The fourth-order valence-electron chi connectivity index (χ4n) is 2.33. The first-order valence-corrected chi connectivity index (χ1v) is 8.32. The molecular weight excluding hydrogens is 310 g/mol. The van der Waals surface area contributed by atoms with Crippen LogP contribution in [0.5, 0.6) is 0 Å². The molecule has 1 heterocycles. The van der Waals surface area contributed by atoms with Crippen LogP contribution in [0.15, 0.2) is 59.5 Å². The molecule has 22 heavy (non-hydrogen) atoms.